The Labute approximate surface area is 72.7 Å². The van der Waals surface area contributed by atoms with Crippen molar-refractivity contribution in [2.75, 3.05) is 19.1 Å². The lowest BCUT2D eigenvalue weighted by atomic mass is 10.3. The van der Waals surface area contributed by atoms with Crippen molar-refractivity contribution in [2.45, 2.75) is 0 Å². The van der Waals surface area contributed by atoms with Crippen molar-refractivity contribution in [1.29, 1.82) is 0 Å². The van der Waals surface area contributed by atoms with E-state index in [0.717, 1.165) is 5.69 Å². The molecular formula is C9H13N3. The zero-order valence-corrected chi connectivity index (χ0v) is 7.36. The maximum atomic E-state index is 3.82. The van der Waals surface area contributed by atoms with Crippen LogP contribution in [0.4, 0.5) is 5.69 Å². The van der Waals surface area contributed by atoms with Gasteiger partial charge >= 0.3 is 0 Å². The number of nitrogens with one attached hydrogen (secondary N) is 1. The van der Waals surface area contributed by atoms with Gasteiger partial charge in [0.05, 0.1) is 5.69 Å². The lowest BCUT2D eigenvalue weighted by Gasteiger charge is -2.17. The van der Waals surface area contributed by atoms with Gasteiger partial charge in [-0.2, -0.15) is 0 Å². The van der Waals surface area contributed by atoms with Crippen LogP contribution in [0, 0.1) is 0 Å². The summed E-state index contributed by atoms with van der Waals surface area (Å²) in [5.74, 6) is 0. The second kappa shape index (κ2) is 4.38. The molecule has 0 bridgehead atoms. The van der Waals surface area contributed by atoms with Crippen molar-refractivity contribution in [3.05, 3.63) is 30.3 Å². The Kier molecular flexibility index (Phi) is 3.14. The van der Waals surface area contributed by atoms with E-state index in [9.17, 15) is 0 Å². The molecule has 0 amide bonds. The second-order valence-electron chi connectivity index (χ2n) is 2.41. The molecule has 64 valence electrons. The monoisotopic (exact) mass is 163 g/mol. The van der Waals surface area contributed by atoms with Crippen molar-refractivity contribution < 1.29 is 0 Å². The molecule has 3 heteroatoms. The third-order valence-electron chi connectivity index (χ3n) is 1.52. The van der Waals surface area contributed by atoms with E-state index in [0.29, 0.717) is 0 Å². The summed E-state index contributed by atoms with van der Waals surface area (Å²) in [5.41, 5.74) is 4.10. The average Bonchev–Trinajstić information content (AvgIpc) is 2.15. The molecule has 0 spiro atoms. The highest BCUT2D eigenvalue weighted by molar-refractivity contribution is 5.59. The van der Waals surface area contributed by atoms with Crippen molar-refractivity contribution >= 4 is 12.0 Å². The molecule has 0 unspecified atom stereocenters. The molecule has 0 saturated heterocycles. The number of hydrogen-bond acceptors (Lipinski definition) is 2. The SMILES string of the molecule is CN=CNN(C)c1ccccc1. The van der Waals surface area contributed by atoms with Gasteiger partial charge in [-0.3, -0.25) is 15.4 Å². The number of hydrogen-bond donors (Lipinski definition) is 1. The van der Waals surface area contributed by atoms with Gasteiger partial charge < -0.3 is 0 Å². The van der Waals surface area contributed by atoms with Crippen molar-refractivity contribution in [3.8, 4) is 0 Å². The Balaban J connectivity index is 2.59. The Morgan fingerprint density at radius 1 is 1.33 bits per heavy atom. The zero-order valence-electron chi connectivity index (χ0n) is 7.36. The van der Waals surface area contributed by atoms with Gasteiger partial charge in [-0.05, 0) is 12.1 Å². The summed E-state index contributed by atoms with van der Waals surface area (Å²) in [6.07, 6.45) is 1.65. The fraction of sp³-hybridized carbons (Fsp3) is 0.222. The second-order valence-corrected chi connectivity index (χ2v) is 2.41. The standard InChI is InChI=1S/C9H13N3/c1-10-8-11-12(2)9-6-4-3-5-7-9/h3-8H,1-2H3,(H,10,11). The fourth-order valence-electron chi connectivity index (χ4n) is 0.870. The van der Waals surface area contributed by atoms with Gasteiger partial charge in [0.1, 0.15) is 6.34 Å². The Hall–Kier alpha value is -1.51. The third-order valence-corrected chi connectivity index (χ3v) is 1.52. The van der Waals surface area contributed by atoms with Gasteiger partial charge in [0.25, 0.3) is 0 Å². The Bertz CT molecular complexity index is 243. The lowest BCUT2D eigenvalue weighted by Crippen LogP contribution is -2.32. The van der Waals surface area contributed by atoms with Gasteiger partial charge in [0.15, 0.2) is 0 Å². The van der Waals surface area contributed by atoms with E-state index < -0.39 is 0 Å². The molecule has 0 heterocycles. The third kappa shape index (κ3) is 2.27. The van der Waals surface area contributed by atoms with Crippen LogP contribution in [-0.2, 0) is 0 Å². The van der Waals surface area contributed by atoms with Gasteiger partial charge in [-0.25, -0.2) is 0 Å². The summed E-state index contributed by atoms with van der Waals surface area (Å²) in [5, 5.41) is 1.90. The first-order valence-electron chi connectivity index (χ1n) is 3.80. The average molecular weight is 163 g/mol. The van der Waals surface area contributed by atoms with E-state index in [1.807, 2.05) is 42.4 Å². The van der Waals surface area contributed by atoms with E-state index in [1.165, 1.54) is 0 Å². The summed E-state index contributed by atoms with van der Waals surface area (Å²) in [6.45, 7) is 0. The van der Waals surface area contributed by atoms with E-state index in [4.69, 9.17) is 0 Å². The van der Waals surface area contributed by atoms with E-state index >= 15 is 0 Å². The molecule has 12 heavy (non-hydrogen) atoms. The van der Waals surface area contributed by atoms with E-state index in [-0.39, 0.29) is 0 Å². The number of anilines is 1. The van der Waals surface area contributed by atoms with Crippen LogP contribution in [0.3, 0.4) is 0 Å². The number of aliphatic imine (C=N–C) groups is 1. The molecule has 1 N–H and O–H groups in total. The first kappa shape index (κ1) is 8.59. The van der Waals surface area contributed by atoms with E-state index in [2.05, 4.69) is 10.4 Å². The van der Waals surface area contributed by atoms with Crippen LogP contribution in [-0.4, -0.2) is 20.4 Å². The van der Waals surface area contributed by atoms with Gasteiger partial charge in [0.2, 0.25) is 0 Å². The maximum absolute atomic E-state index is 3.82. The van der Waals surface area contributed by atoms with Crippen molar-refractivity contribution in [3.63, 3.8) is 0 Å². The summed E-state index contributed by atoms with van der Waals surface area (Å²) in [7, 11) is 3.67. The minimum absolute atomic E-state index is 1.11. The first-order chi connectivity index (χ1) is 5.84. The molecule has 1 aromatic carbocycles. The van der Waals surface area contributed by atoms with Crippen LogP contribution in [0.15, 0.2) is 35.3 Å². The van der Waals surface area contributed by atoms with Crippen LogP contribution in [0.1, 0.15) is 0 Å². The molecule has 0 aliphatic rings. The first-order valence-corrected chi connectivity index (χ1v) is 3.80. The van der Waals surface area contributed by atoms with Crippen LogP contribution in [0.5, 0.6) is 0 Å². The van der Waals surface area contributed by atoms with Crippen LogP contribution in [0.25, 0.3) is 0 Å². The zero-order chi connectivity index (χ0) is 8.81. The van der Waals surface area contributed by atoms with Crippen molar-refractivity contribution in [1.82, 2.24) is 5.43 Å². The molecule has 1 aromatic rings. The molecule has 3 nitrogen and oxygen atoms in total. The summed E-state index contributed by atoms with van der Waals surface area (Å²) < 4.78 is 0. The largest absolute Gasteiger partial charge is 0.290 e. The van der Waals surface area contributed by atoms with Gasteiger partial charge in [-0.1, -0.05) is 18.2 Å². The summed E-state index contributed by atoms with van der Waals surface area (Å²) in [6, 6.07) is 10.0. The molecule has 0 atom stereocenters. The highest BCUT2D eigenvalue weighted by Crippen LogP contribution is 2.07. The molecule has 0 aliphatic carbocycles. The molecule has 0 saturated carbocycles. The smallest absolute Gasteiger partial charge is 0.101 e. The van der Waals surface area contributed by atoms with Crippen molar-refractivity contribution in [2.24, 2.45) is 4.99 Å². The molecule has 0 aliphatic heterocycles. The number of hydrazine groups is 1. The molecule has 1 rings (SSSR count). The quantitative estimate of drug-likeness (QED) is 0.413. The van der Waals surface area contributed by atoms with Gasteiger partial charge in [0, 0.05) is 14.1 Å². The van der Waals surface area contributed by atoms with Crippen LogP contribution < -0.4 is 10.4 Å². The Morgan fingerprint density at radius 3 is 2.58 bits per heavy atom. The van der Waals surface area contributed by atoms with Crippen LogP contribution in [0.2, 0.25) is 0 Å². The topological polar surface area (TPSA) is 27.6 Å². The fourth-order valence-corrected chi connectivity index (χ4v) is 0.870. The van der Waals surface area contributed by atoms with E-state index in [1.54, 1.807) is 13.4 Å². The highest BCUT2D eigenvalue weighted by Gasteiger charge is 1.93. The summed E-state index contributed by atoms with van der Waals surface area (Å²) in [4.78, 5) is 3.82. The highest BCUT2D eigenvalue weighted by atomic mass is 15.5. The summed E-state index contributed by atoms with van der Waals surface area (Å²) >= 11 is 0. The number of benzene rings is 1. The Morgan fingerprint density at radius 2 is 2.00 bits per heavy atom. The van der Waals surface area contributed by atoms with Gasteiger partial charge in [-0.15, -0.1) is 0 Å². The molecule has 0 radical (unpaired) electrons. The number of nitrogens with zero attached hydrogens (tertiary/aromatic N) is 2. The normalized spacial score (nSPS) is 10.2. The predicted molar refractivity (Wildman–Crippen MR) is 52.4 cm³/mol. The molecule has 0 aromatic heterocycles. The molecular weight excluding hydrogens is 150 g/mol. The minimum atomic E-state index is 1.11. The lowest BCUT2D eigenvalue weighted by molar-refractivity contribution is 0.893. The van der Waals surface area contributed by atoms with Crippen LogP contribution >= 0.6 is 0 Å². The predicted octanol–water partition coefficient (Wildman–Crippen LogP) is 1.29. The maximum Gasteiger partial charge on any atom is 0.101 e. The minimum Gasteiger partial charge on any atom is -0.290 e. The number of para-hydroxylation sites is 1. The number of rotatable bonds is 3. The molecule has 0 fully saturated rings.